The van der Waals surface area contributed by atoms with Gasteiger partial charge in [0.1, 0.15) is 16.3 Å². The monoisotopic (exact) mass is 366 g/mol. The molecule has 0 bridgehead atoms. The van der Waals surface area contributed by atoms with Crippen LogP contribution in [0.15, 0.2) is 41.3 Å². The Morgan fingerprint density at radius 3 is 2.88 bits per heavy atom. The molecule has 0 atom stereocenters. The summed E-state index contributed by atoms with van der Waals surface area (Å²) >= 11 is 1.44. The number of rotatable bonds is 3. The molecule has 1 fully saturated rings. The summed E-state index contributed by atoms with van der Waals surface area (Å²) in [5, 5.41) is 1.91. The van der Waals surface area contributed by atoms with Crippen molar-refractivity contribution < 1.29 is 9.53 Å². The minimum absolute atomic E-state index is 0.0672. The second-order valence-electron chi connectivity index (χ2n) is 6.08. The number of allylic oxidation sites excluding steroid dienone is 1. The van der Waals surface area contributed by atoms with Gasteiger partial charge in [-0.3, -0.25) is 4.79 Å². The Kier molecular flexibility index (Phi) is 6.08. The molecule has 0 aliphatic carbocycles. The Morgan fingerprint density at radius 2 is 2.15 bits per heavy atom. The van der Waals surface area contributed by atoms with Crippen molar-refractivity contribution in [2.24, 2.45) is 0 Å². The van der Waals surface area contributed by atoms with Crippen LogP contribution in [0.4, 0.5) is 0 Å². The summed E-state index contributed by atoms with van der Waals surface area (Å²) in [7, 11) is 0. The second-order valence-corrected chi connectivity index (χ2v) is 6.99. The van der Waals surface area contributed by atoms with Gasteiger partial charge in [0.25, 0.3) is 5.91 Å². The van der Waals surface area contributed by atoms with Crippen LogP contribution in [0, 0.1) is 18.8 Å². The summed E-state index contributed by atoms with van der Waals surface area (Å²) in [5.41, 5.74) is 3.04. The van der Waals surface area contributed by atoms with Crippen LogP contribution in [-0.2, 0) is 0 Å². The van der Waals surface area contributed by atoms with Gasteiger partial charge in [-0.1, -0.05) is 17.6 Å². The van der Waals surface area contributed by atoms with Crippen molar-refractivity contribution in [1.29, 1.82) is 0 Å². The molecule has 1 aliphatic rings. The molecule has 0 unspecified atom stereocenters. The summed E-state index contributed by atoms with van der Waals surface area (Å²) in [6.07, 6.45) is 3.69. The zero-order valence-electron chi connectivity index (χ0n) is 15.1. The van der Waals surface area contributed by atoms with E-state index in [1.165, 1.54) is 16.9 Å². The van der Waals surface area contributed by atoms with Crippen molar-refractivity contribution in [1.82, 2.24) is 9.88 Å². The van der Waals surface area contributed by atoms with E-state index in [2.05, 4.69) is 16.8 Å². The van der Waals surface area contributed by atoms with Crippen LogP contribution in [-0.4, -0.2) is 35.5 Å². The largest absolute Gasteiger partial charge is 0.492 e. The van der Waals surface area contributed by atoms with E-state index in [4.69, 9.17) is 4.74 Å². The predicted molar refractivity (Wildman–Crippen MR) is 105 cm³/mol. The molecule has 4 nitrogen and oxygen atoms in total. The first-order chi connectivity index (χ1) is 12.7. The highest BCUT2D eigenvalue weighted by Gasteiger charge is 2.23. The van der Waals surface area contributed by atoms with Gasteiger partial charge >= 0.3 is 0 Å². The third-order valence-electron chi connectivity index (χ3n) is 4.18. The van der Waals surface area contributed by atoms with Crippen molar-refractivity contribution in [2.75, 3.05) is 19.7 Å². The number of carbonyl (C=O) groups excluding carboxylic acids is 1. The van der Waals surface area contributed by atoms with Gasteiger partial charge in [0, 0.05) is 18.8 Å². The number of carbonyl (C=O) groups is 1. The molecular formula is C21H22N2O2S. The topological polar surface area (TPSA) is 42.4 Å². The normalized spacial score (nSPS) is 13.8. The van der Waals surface area contributed by atoms with Crippen molar-refractivity contribution in [3.05, 3.63) is 57.6 Å². The highest BCUT2D eigenvalue weighted by molar-refractivity contribution is 7.12. The van der Waals surface area contributed by atoms with Gasteiger partial charge < -0.3 is 9.64 Å². The minimum Gasteiger partial charge on any atom is -0.492 e. The summed E-state index contributed by atoms with van der Waals surface area (Å²) in [6, 6.07) is 7.70. The van der Waals surface area contributed by atoms with Crippen molar-refractivity contribution in [3.63, 3.8) is 0 Å². The smallest absolute Gasteiger partial charge is 0.267 e. The number of thiophene rings is 1. The zero-order chi connectivity index (χ0) is 18.4. The van der Waals surface area contributed by atoms with Crippen LogP contribution >= 0.6 is 11.3 Å². The Labute approximate surface area is 158 Å². The number of hydrogen-bond donors (Lipinski definition) is 0. The van der Waals surface area contributed by atoms with Crippen LogP contribution in [0.1, 0.15) is 40.8 Å². The fourth-order valence-electron chi connectivity index (χ4n) is 2.83. The van der Waals surface area contributed by atoms with E-state index in [1.807, 2.05) is 54.5 Å². The van der Waals surface area contributed by atoms with Gasteiger partial charge in [-0.05, 0) is 62.3 Å². The molecule has 26 heavy (non-hydrogen) atoms. The van der Waals surface area contributed by atoms with Gasteiger partial charge in [-0.25, -0.2) is 4.98 Å². The molecule has 1 aliphatic heterocycles. The maximum absolute atomic E-state index is 12.7. The number of piperidine rings is 1. The molecule has 1 amide bonds. The van der Waals surface area contributed by atoms with Gasteiger partial charge in [-0.15, -0.1) is 11.3 Å². The predicted octanol–water partition coefficient (Wildman–Crippen LogP) is 4.06. The van der Waals surface area contributed by atoms with E-state index in [0.29, 0.717) is 17.2 Å². The molecule has 0 saturated carbocycles. The summed E-state index contributed by atoms with van der Waals surface area (Å²) in [5.74, 6) is 6.94. The fourth-order valence-corrected chi connectivity index (χ4v) is 3.63. The number of aryl methyl sites for hydroxylation is 1. The highest BCUT2D eigenvalue weighted by atomic mass is 32.1. The Bertz CT molecular complexity index is 863. The first-order valence-corrected chi connectivity index (χ1v) is 9.68. The van der Waals surface area contributed by atoms with Crippen molar-refractivity contribution in [2.45, 2.75) is 26.7 Å². The number of likely N-dealkylation sites (tertiary alicyclic amines) is 1. The van der Waals surface area contributed by atoms with Crippen LogP contribution in [0.25, 0.3) is 0 Å². The number of ether oxygens (including phenoxy) is 1. The fraction of sp³-hybridized carbons (Fsp3) is 0.333. The van der Waals surface area contributed by atoms with Crippen LogP contribution < -0.4 is 4.74 Å². The summed E-state index contributed by atoms with van der Waals surface area (Å²) < 4.78 is 5.54. The van der Waals surface area contributed by atoms with Crippen molar-refractivity contribution >= 4 is 17.2 Å². The van der Waals surface area contributed by atoms with Crippen LogP contribution in [0.2, 0.25) is 0 Å². The van der Waals surface area contributed by atoms with E-state index in [0.717, 1.165) is 37.3 Å². The lowest BCUT2D eigenvalue weighted by Gasteiger charge is -2.28. The lowest BCUT2D eigenvalue weighted by molar-refractivity contribution is 0.0745. The number of pyridine rings is 1. The first kappa shape index (κ1) is 18.2. The van der Waals surface area contributed by atoms with Gasteiger partial charge in [0.15, 0.2) is 0 Å². The molecule has 0 aromatic carbocycles. The second kappa shape index (κ2) is 8.68. The lowest BCUT2D eigenvalue weighted by Crippen LogP contribution is -2.36. The van der Waals surface area contributed by atoms with Crippen LogP contribution in [0.5, 0.6) is 5.75 Å². The molecular weight excluding hydrogens is 344 g/mol. The standard InChI is InChI=1S/C21H22N2O2S/c1-3-25-19-12-15-26-20(19)21(24)23-13-10-17(11-14-23)7-5-9-18-8-4-6-16(2)22-18/h4,6-8,12,15H,3,10-11,13-14H2,1-2H3. The first-order valence-electron chi connectivity index (χ1n) is 8.80. The molecule has 0 radical (unpaired) electrons. The Morgan fingerprint density at radius 1 is 1.35 bits per heavy atom. The maximum Gasteiger partial charge on any atom is 0.267 e. The van der Waals surface area contributed by atoms with Crippen molar-refractivity contribution in [3.8, 4) is 17.6 Å². The number of nitrogens with zero attached hydrogens (tertiary/aromatic N) is 2. The summed E-state index contributed by atoms with van der Waals surface area (Å²) in [4.78, 5) is 19.7. The number of aromatic nitrogens is 1. The molecule has 2 aromatic rings. The third kappa shape index (κ3) is 4.53. The summed E-state index contributed by atoms with van der Waals surface area (Å²) in [6.45, 7) is 5.90. The molecule has 0 spiro atoms. The quantitative estimate of drug-likeness (QED) is 0.769. The number of amides is 1. The number of hydrogen-bond acceptors (Lipinski definition) is 4. The molecule has 5 heteroatoms. The third-order valence-corrected chi connectivity index (χ3v) is 5.06. The molecule has 2 aromatic heterocycles. The van der Waals surface area contributed by atoms with E-state index < -0.39 is 0 Å². The molecule has 134 valence electrons. The van der Waals surface area contributed by atoms with E-state index in [-0.39, 0.29) is 5.91 Å². The average molecular weight is 366 g/mol. The molecule has 1 saturated heterocycles. The zero-order valence-corrected chi connectivity index (χ0v) is 15.9. The minimum atomic E-state index is 0.0672. The van der Waals surface area contributed by atoms with E-state index in [9.17, 15) is 4.79 Å². The lowest BCUT2D eigenvalue weighted by atomic mass is 10.0. The van der Waals surface area contributed by atoms with Gasteiger partial charge in [0.05, 0.1) is 6.61 Å². The molecule has 3 rings (SSSR count). The Balaban J connectivity index is 1.59. The average Bonchev–Trinajstić information content (AvgIpc) is 3.10. The molecule has 3 heterocycles. The molecule has 0 N–H and O–H groups in total. The SMILES string of the molecule is CCOc1ccsc1C(=O)N1CCC(=CC#Cc2cccc(C)n2)CC1. The van der Waals surface area contributed by atoms with Gasteiger partial charge in [0.2, 0.25) is 0 Å². The van der Waals surface area contributed by atoms with E-state index >= 15 is 0 Å². The highest BCUT2D eigenvalue weighted by Crippen LogP contribution is 2.28. The van der Waals surface area contributed by atoms with Gasteiger partial charge in [-0.2, -0.15) is 0 Å². The maximum atomic E-state index is 12.7. The van der Waals surface area contributed by atoms with E-state index in [1.54, 1.807) is 0 Å². The Hall–Kier alpha value is -2.58. The van der Waals surface area contributed by atoms with Crippen LogP contribution in [0.3, 0.4) is 0 Å².